The van der Waals surface area contributed by atoms with Gasteiger partial charge in [-0.3, -0.25) is 9.80 Å². The molecule has 0 unspecified atom stereocenters. The van der Waals surface area contributed by atoms with E-state index in [0.717, 1.165) is 93.5 Å². The summed E-state index contributed by atoms with van der Waals surface area (Å²) in [5.74, 6) is 0.967. The number of H-pyrrole nitrogens is 1. The van der Waals surface area contributed by atoms with E-state index >= 15 is 0 Å². The molecule has 3 heterocycles. The highest BCUT2D eigenvalue weighted by atomic mass is 16.5. The Balaban J connectivity index is 1.24. The number of nitrogens with one attached hydrogen (secondary N) is 2. The minimum atomic E-state index is -0.0812. The Morgan fingerprint density at radius 3 is 2.58 bits per heavy atom. The number of ether oxygens (including phenoxy) is 2. The summed E-state index contributed by atoms with van der Waals surface area (Å²) in [5.41, 5.74) is 8.89. The molecule has 0 radical (unpaired) electrons. The van der Waals surface area contributed by atoms with Crippen LogP contribution in [0.25, 0.3) is 11.3 Å². The first-order chi connectivity index (χ1) is 19.4. The van der Waals surface area contributed by atoms with Gasteiger partial charge in [0.1, 0.15) is 12.4 Å². The highest BCUT2D eigenvalue weighted by Crippen LogP contribution is 2.40. The van der Waals surface area contributed by atoms with E-state index in [-0.39, 0.29) is 11.4 Å². The molecule has 2 aromatic carbocycles. The second kappa shape index (κ2) is 11.3. The normalized spacial score (nSPS) is 17.4. The zero-order valence-corrected chi connectivity index (χ0v) is 24.1. The molecule has 6 rings (SSSR count). The molecule has 1 saturated heterocycles. The Bertz CT molecular complexity index is 1370. The van der Waals surface area contributed by atoms with Crippen molar-refractivity contribution in [2.75, 3.05) is 56.2 Å². The number of amides is 2. The largest absolute Gasteiger partial charge is 0.492 e. The van der Waals surface area contributed by atoms with Crippen molar-refractivity contribution in [3.63, 3.8) is 0 Å². The summed E-state index contributed by atoms with van der Waals surface area (Å²) in [6.07, 6.45) is 5.04. The lowest BCUT2D eigenvalue weighted by atomic mass is 9.89. The molecule has 2 N–H and O–H groups in total. The number of urea groups is 1. The van der Waals surface area contributed by atoms with Gasteiger partial charge < -0.3 is 19.8 Å². The van der Waals surface area contributed by atoms with Crippen molar-refractivity contribution >= 4 is 17.4 Å². The van der Waals surface area contributed by atoms with E-state index in [2.05, 4.69) is 72.4 Å². The predicted octanol–water partition coefficient (Wildman–Crippen LogP) is 6.16. The fourth-order valence-corrected chi connectivity index (χ4v) is 6.19. The lowest BCUT2D eigenvalue weighted by Gasteiger charge is -2.28. The van der Waals surface area contributed by atoms with Gasteiger partial charge in [0, 0.05) is 48.5 Å². The van der Waals surface area contributed by atoms with Crippen LogP contribution in [0.1, 0.15) is 56.0 Å². The maximum Gasteiger partial charge on any atom is 0.326 e. The van der Waals surface area contributed by atoms with Crippen LogP contribution in [-0.2, 0) is 29.4 Å². The Labute approximate surface area is 237 Å². The molecular weight excluding hydrogens is 500 g/mol. The molecule has 1 fully saturated rings. The van der Waals surface area contributed by atoms with Gasteiger partial charge in [-0.25, -0.2) is 4.79 Å². The van der Waals surface area contributed by atoms with E-state index in [1.165, 1.54) is 22.3 Å². The van der Waals surface area contributed by atoms with Gasteiger partial charge in [-0.15, -0.1) is 0 Å². The first kappa shape index (κ1) is 26.9. The zero-order chi connectivity index (χ0) is 27.7. The smallest absolute Gasteiger partial charge is 0.326 e. The van der Waals surface area contributed by atoms with E-state index in [4.69, 9.17) is 9.47 Å². The van der Waals surface area contributed by atoms with Crippen molar-refractivity contribution in [3.8, 4) is 17.0 Å². The molecule has 212 valence electrons. The number of rotatable bonds is 5. The summed E-state index contributed by atoms with van der Waals surface area (Å²) in [5, 5.41) is 3.31. The summed E-state index contributed by atoms with van der Waals surface area (Å²) >= 11 is 0. The lowest BCUT2D eigenvalue weighted by molar-refractivity contribution is 0.0322. The molecule has 1 aliphatic carbocycles. The monoisotopic (exact) mass is 542 g/mol. The third kappa shape index (κ3) is 5.50. The molecule has 3 aromatic rings. The predicted molar refractivity (Wildman–Crippen MR) is 161 cm³/mol. The van der Waals surface area contributed by atoms with Crippen molar-refractivity contribution in [3.05, 3.63) is 64.8 Å². The number of fused-ring (bicyclic) bond motifs is 4. The Kier molecular flexibility index (Phi) is 7.60. The first-order valence-electron chi connectivity index (χ1n) is 14.9. The maximum atomic E-state index is 14.0. The van der Waals surface area contributed by atoms with Crippen LogP contribution in [0.4, 0.5) is 16.2 Å². The Morgan fingerprint density at radius 1 is 1.00 bits per heavy atom. The average molecular weight is 543 g/mol. The van der Waals surface area contributed by atoms with Crippen molar-refractivity contribution in [2.24, 2.45) is 0 Å². The summed E-state index contributed by atoms with van der Waals surface area (Å²) < 4.78 is 11.8. The van der Waals surface area contributed by atoms with Crippen LogP contribution >= 0.6 is 0 Å². The minimum Gasteiger partial charge on any atom is -0.492 e. The van der Waals surface area contributed by atoms with Crippen LogP contribution in [0, 0.1) is 0 Å². The van der Waals surface area contributed by atoms with Gasteiger partial charge in [0.15, 0.2) is 0 Å². The quantitative estimate of drug-likeness (QED) is 0.405. The second-order valence-corrected chi connectivity index (χ2v) is 12.3. The molecule has 0 spiro atoms. The second-order valence-electron chi connectivity index (χ2n) is 12.3. The van der Waals surface area contributed by atoms with Crippen molar-refractivity contribution in [2.45, 2.75) is 58.3 Å². The van der Waals surface area contributed by atoms with Crippen LogP contribution < -0.4 is 15.0 Å². The number of carbonyl (C=O) groups is 1. The Hall–Kier alpha value is -3.29. The van der Waals surface area contributed by atoms with Crippen LogP contribution in [0.2, 0.25) is 0 Å². The van der Waals surface area contributed by atoms with E-state index in [1.807, 2.05) is 11.0 Å². The number of aromatic nitrogens is 1. The third-order valence-corrected chi connectivity index (χ3v) is 8.53. The fraction of sp³-hybridized carbons (Fsp3) is 0.485. The van der Waals surface area contributed by atoms with Gasteiger partial charge in [-0.05, 0) is 67.0 Å². The standard InChI is InChI=1S/C33H42N4O3/c1-33(2,3)30-22-28-31(35-30)24-9-5-4-8-23(24)14-15-37(28)32(38)34-27-12-13-29(26-11-7-6-10-25(26)27)40-21-18-36-16-19-39-20-17-36/h4-5,8-9,12-13,22,35H,6-7,10-11,14-21H2,1-3H3,(H,34,38). The number of aromatic amines is 1. The molecule has 2 amide bonds. The van der Waals surface area contributed by atoms with Gasteiger partial charge in [-0.1, -0.05) is 45.0 Å². The maximum absolute atomic E-state index is 14.0. The Morgan fingerprint density at radius 2 is 1.77 bits per heavy atom. The fourth-order valence-electron chi connectivity index (χ4n) is 6.19. The SMILES string of the molecule is CC(C)(C)c1cc2c([nH]1)-c1ccccc1CCN2C(=O)Nc1ccc(OCCN2CCOCC2)c2c1CCCC2. The number of benzene rings is 2. The number of anilines is 2. The lowest BCUT2D eigenvalue weighted by Crippen LogP contribution is -2.38. The zero-order valence-electron chi connectivity index (χ0n) is 24.1. The summed E-state index contributed by atoms with van der Waals surface area (Å²) in [6, 6.07) is 14.7. The average Bonchev–Trinajstić information content (AvgIpc) is 3.34. The van der Waals surface area contributed by atoms with Crippen LogP contribution in [0.5, 0.6) is 5.75 Å². The summed E-state index contributed by atoms with van der Waals surface area (Å²) in [4.78, 5) is 21.9. The van der Waals surface area contributed by atoms with Crippen molar-refractivity contribution < 1.29 is 14.3 Å². The first-order valence-corrected chi connectivity index (χ1v) is 14.9. The molecule has 0 atom stereocenters. The van der Waals surface area contributed by atoms with Gasteiger partial charge in [0.25, 0.3) is 0 Å². The molecule has 0 saturated carbocycles. The van der Waals surface area contributed by atoms with Crippen LogP contribution in [0.15, 0.2) is 42.5 Å². The van der Waals surface area contributed by atoms with Gasteiger partial charge >= 0.3 is 6.03 Å². The number of morpholine rings is 1. The summed E-state index contributed by atoms with van der Waals surface area (Å²) in [6.45, 7) is 12.3. The molecule has 1 aromatic heterocycles. The van der Waals surface area contributed by atoms with Gasteiger partial charge in [-0.2, -0.15) is 0 Å². The molecule has 40 heavy (non-hydrogen) atoms. The number of hydrogen-bond donors (Lipinski definition) is 2. The van der Waals surface area contributed by atoms with Gasteiger partial charge in [0.2, 0.25) is 0 Å². The number of carbonyl (C=O) groups excluding carboxylic acids is 1. The van der Waals surface area contributed by atoms with E-state index in [0.29, 0.717) is 13.2 Å². The molecule has 7 nitrogen and oxygen atoms in total. The molecular formula is C33H42N4O3. The van der Waals surface area contributed by atoms with Crippen molar-refractivity contribution in [1.29, 1.82) is 0 Å². The van der Waals surface area contributed by atoms with Gasteiger partial charge in [0.05, 0.1) is 24.6 Å². The van der Waals surface area contributed by atoms with Crippen LogP contribution in [-0.4, -0.2) is 61.9 Å². The summed E-state index contributed by atoms with van der Waals surface area (Å²) in [7, 11) is 0. The van der Waals surface area contributed by atoms with E-state index < -0.39 is 0 Å². The van der Waals surface area contributed by atoms with Crippen LogP contribution in [0.3, 0.4) is 0 Å². The number of nitrogens with zero attached hydrogens (tertiary/aromatic N) is 2. The third-order valence-electron chi connectivity index (χ3n) is 8.53. The minimum absolute atomic E-state index is 0.0556. The molecule has 0 bridgehead atoms. The highest BCUT2D eigenvalue weighted by Gasteiger charge is 2.30. The van der Waals surface area contributed by atoms with E-state index in [1.54, 1.807) is 0 Å². The topological polar surface area (TPSA) is 69.8 Å². The van der Waals surface area contributed by atoms with Crippen molar-refractivity contribution in [1.82, 2.24) is 9.88 Å². The molecule has 7 heteroatoms. The highest BCUT2D eigenvalue weighted by molar-refractivity contribution is 6.05. The number of hydrogen-bond acceptors (Lipinski definition) is 4. The molecule has 3 aliphatic rings. The molecule has 2 aliphatic heterocycles. The van der Waals surface area contributed by atoms with E-state index in [9.17, 15) is 4.79 Å².